The van der Waals surface area contributed by atoms with Crippen LogP contribution in [0.1, 0.15) is 26.3 Å². The van der Waals surface area contributed by atoms with Crippen molar-refractivity contribution in [3.8, 4) is 5.75 Å². The van der Waals surface area contributed by atoms with Crippen LogP contribution in [0.15, 0.2) is 30.3 Å². The van der Waals surface area contributed by atoms with Gasteiger partial charge in [0.25, 0.3) is 5.91 Å². The first-order valence-corrected chi connectivity index (χ1v) is 7.04. The highest BCUT2D eigenvalue weighted by atomic mass is 35.5. The third kappa shape index (κ3) is 3.80. The number of methoxy groups -OCH3 is 1. The first-order chi connectivity index (χ1) is 11.3. The van der Waals surface area contributed by atoms with Crippen molar-refractivity contribution in [3.63, 3.8) is 0 Å². The molecule has 0 fully saturated rings. The zero-order valence-corrected chi connectivity index (χ0v) is 13.2. The summed E-state index contributed by atoms with van der Waals surface area (Å²) in [4.78, 5) is 23.2. The lowest BCUT2D eigenvalue weighted by atomic mass is 10.1. The highest BCUT2D eigenvalue weighted by molar-refractivity contribution is 6.33. The number of carboxylic acid groups (broad SMARTS) is 1. The van der Waals surface area contributed by atoms with Crippen LogP contribution in [0.2, 0.25) is 5.02 Å². The second-order valence-electron chi connectivity index (χ2n) is 4.77. The average molecular weight is 356 g/mol. The van der Waals surface area contributed by atoms with Crippen LogP contribution in [-0.2, 0) is 6.54 Å². The van der Waals surface area contributed by atoms with Crippen molar-refractivity contribution in [3.05, 3.63) is 63.7 Å². The third-order valence-corrected chi connectivity index (χ3v) is 3.51. The molecule has 0 bridgehead atoms. The van der Waals surface area contributed by atoms with Gasteiger partial charge in [0, 0.05) is 6.54 Å². The number of nitrogens with one attached hydrogen (secondary N) is 1. The second kappa shape index (κ2) is 7.27. The lowest BCUT2D eigenvalue weighted by molar-refractivity contribution is 0.0693. The summed E-state index contributed by atoms with van der Waals surface area (Å²) in [5.74, 6) is -4.06. The molecule has 0 aliphatic rings. The summed E-state index contributed by atoms with van der Waals surface area (Å²) in [7, 11) is 1.34. The molecule has 0 radical (unpaired) electrons. The van der Waals surface area contributed by atoms with Gasteiger partial charge in [-0.3, -0.25) is 4.79 Å². The quantitative estimate of drug-likeness (QED) is 0.807. The van der Waals surface area contributed by atoms with Crippen LogP contribution < -0.4 is 10.1 Å². The predicted molar refractivity (Wildman–Crippen MR) is 82.5 cm³/mol. The van der Waals surface area contributed by atoms with Crippen LogP contribution in [0.3, 0.4) is 0 Å². The molecule has 0 aromatic heterocycles. The van der Waals surface area contributed by atoms with Gasteiger partial charge < -0.3 is 15.2 Å². The fourth-order valence-corrected chi connectivity index (χ4v) is 2.24. The Hall–Kier alpha value is -2.67. The summed E-state index contributed by atoms with van der Waals surface area (Å²) in [6.45, 7) is -0.0293. The number of hydrogen-bond donors (Lipinski definition) is 2. The van der Waals surface area contributed by atoms with E-state index >= 15 is 0 Å². The Labute approximate surface area is 140 Å². The Balaban J connectivity index is 2.16. The van der Waals surface area contributed by atoms with Crippen LogP contribution in [0.4, 0.5) is 8.78 Å². The van der Waals surface area contributed by atoms with E-state index in [-0.39, 0.29) is 28.4 Å². The number of carbonyl (C=O) groups excluding carboxylic acids is 1. The number of amides is 1. The van der Waals surface area contributed by atoms with Crippen molar-refractivity contribution in [1.82, 2.24) is 5.32 Å². The van der Waals surface area contributed by atoms with Gasteiger partial charge in [0.15, 0.2) is 11.6 Å². The van der Waals surface area contributed by atoms with Crippen molar-refractivity contribution in [2.75, 3.05) is 7.11 Å². The fourth-order valence-electron chi connectivity index (χ4n) is 2.01. The van der Waals surface area contributed by atoms with Crippen LogP contribution in [0.25, 0.3) is 0 Å². The molecular weight excluding hydrogens is 344 g/mol. The maximum absolute atomic E-state index is 13.2. The number of ether oxygens (including phenoxy) is 1. The zero-order valence-electron chi connectivity index (χ0n) is 12.4. The molecule has 0 saturated carbocycles. The van der Waals surface area contributed by atoms with Crippen molar-refractivity contribution in [1.29, 1.82) is 0 Å². The maximum Gasteiger partial charge on any atom is 0.339 e. The van der Waals surface area contributed by atoms with E-state index in [0.29, 0.717) is 17.7 Å². The molecule has 0 aliphatic heterocycles. The van der Waals surface area contributed by atoms with Gasteiger partial charge in [-0.05, 0) is 29.8 Å². The molecule has 0 saturated heterocycles. The third-order valence-electron chi connectivity index (χ3n) is 3.20. The number of halogens is 3. The van der Waals surface area contributed by atoms with E-state index in [4.69, 9.17) is 21.4 Å². The SMILES string of the molecule is COc1ccc(CNC(=O)c2cc(F)c(F)cc2Cl)cc1C(=O)O. The van der Waals surface area contributed by atoms with Crippen LogP contribution in [-0.4, -0.2) is 24.1 Å². The zero-order chi connectivity index (χ0) is 17.9. The van der Waals surface area contributed by atoms with Crippen LogP contribution >= 0.6 is 11.6 Å². The summed E-state index contributed by atoms with van der Waals surface area (Å²) >= 11 is 5.72. The number of carboxylic acids is 1. The van der Waals surface area contributed by atoms with Gasteiger partial charge in [0.05, 0.1) is 17.7 Å². The van der Waals surface area contributed by atoms with E-state index in [1.807, 2.05) is 0 Å². The van der Waals surface area contributed by atoms with Gasteiger partial charge in [-0.2, -0.15) is 0 Å². The van der Waals surface area contributed by atoms with E-state index in [9.17, 15) is 18.4 Å². The molecule has 0 spiro atoms. The van der Waals surface area contributed by atoms with Crippen molar-refractivity contribution in [2.45, 2.75) is 6.54 Å². The van der Waals surface area contributed by atoms with Gasteiger partial charge in [0.1, 0.15) is 11.3 Å². The number of carbonyl (C=O) groups is 2. The maximum atomic E-state index is 13.2. The molecule has 0 unspecified atom stereocenters. The first kappa shape index (κ1) is 17.7. The normalized spacial score (nSPS) is 10.3. The van der Waals surface area contributed by atoms with E-state index in [1.165, 1.54) is 19.2 Å². The highest BCUT2D eigenvalue weighted by Crippen LogP contribution is 2.21. The van der Waals surface area contributed by atoms with Crippen molar-refractivity contribution < 1.29 is 28.2 Å². The molecule has 2 rings (SSSR count). The van der Waals surface area contributed by atoms with Crippen molar-refractivity contribution >= 4 is 23.5 Å². The molecular formula is C16H12ClF2NO4. The molecule has 5 nitrogen and oxygen atoms in total. The smallest absolute Gasteiger partial charge is 0.339 e. The average Bonchev–Trinajstić information content (AvgIpc) is 2.55. The molecule has 2 aromatic rings. The minimum atomic E-state index is -1.19. The number of benzene rings is 2. The molecule has 0 heterocycles. The van der Waals surface area contributed by atoms with E-state index in [0.717, 1.165) is 0 Å². The molecule has 0 aliphatic carbocycles. The molecule has 2 N–H and O–H groups in total. The molecule has 0 atom stereocenters. The summed E-state index contributed by atoms with van der Waals surface area (Å²) in [5, 5.41) is 11.3. The Bertz CT molecular complexity index is 811. The topological polar surface area (TPSA) is 75.6 Å². The molecule has 8 heteroatoms. The Kier molecular flexibility index (Phi) is 5.35. The van der Waals surface area contributed by atoms with Gasteiger partial charge in [-0.15, -0.1) is 0 Å². The van der Waals surface area contributed by atoms with Crippen LogP contribution in [0, 0.1) is 11.6 Å². The van der Waals surface area contributed by atoms with Gasteiger partial charge in [-0.1, -0.05) is 17.7 Å². The largest absolute Gasteiger partial charge is 0.496 e. The fraction of sp³-hybridized carbons (Fsp3) is 0.125. The highest BCUT2D eigenvalue weighted by Gasteiger charge is 2.16. The Morgan fingerprint density at radius 1 is 1.17 bits per heavy atom. The van der Waals surface area contributed by atoms with Gasteiger partial charge in [-0.25, -0.2) is 13.6 Å². The van der Waals surface area contributed by atoms with Gasteiger partial charge >= 0.3 is 5.97 Å². The molecule has 1 amide bonds. The monoisotopic (exact) mass is 355 g/mol. The number of rotatable bonds is 5. The van der Waals surface area contributed by atoms with E-state index in [1.54, 1.807) is 6.07 Å². The molecule has 126 valence electrons. The minimum absolute atomic E-state index is 0.0293. The lowest BCUT2D eigenvalue weighted by Crippen LogP contribution is -2.23. The predicted octanol–water partition coefficient (Wildman–Crippen LogP) is 3.26. The first-order valence-electron chi connectivity index (χ1n) is 6.66. The summed E-state index contributed by atoms with van der Waals surface area (Å²) < 4.78 is 31.2. The summed E-state index contributed by atoms with van der Waals surface area (Å²) in [6.07, 6.45) is 0. The summed E-state index contributed by atoms with van der Waals surface area (Å²) in [6, 6.07) is 5.77. The second-order valence-corrected chi connectivity index (χ2v) is 5.18. The Morgan fingerprint density at radius 2 is 1.83 bits per heavy atom. The molecule has 2 aromatic carbocycles. The van der Waals surface area contributed by atoms with Crippen LogP contribution in [0.5, 0.6) is 5.75 Å². The number of hydrogen-bond acceptors (Lipinski definition) is 3. The molecule has 24 heavy (non-hydrogen) atoms. The standard InChI is InChI=1S/C16H12ClF2NO4/c1-24-14-3-2-8(4-10(14)16(22)23)7-20-15(21)9-5-12(18)13(19)6-11(9)17/h2-6H,7H2,1H3,(H,20,21)(H,22,23). The van der Waals surface area contributed by atoms with E-state index in [2.05, 4.69) is 5.32 Å². The van der Waals surface area contributed by atoms with Gasteiger partial charge in [0.2, 0.25) is 0 Å². The Morgan fingerprint density at radius 3 is 2.46 bits per heavy atom. The minimum Gasteiger partial charge on any atom is -0.496 e. The van der Waals surface area contributed by atoms with E-state index < -0.39 is 23.5 Å². The summed E-state index contributed by atoms with van der Waals surface area (Å²) in [5.41, 5.74) is 0.206. The van der Waals surface area contributed by atoms with Crippen molar-refractivity contribution in [2.24, 2.45) is 0 Å². The lowest BCUT2D eigenvalue weighted by Gasteiger charge is -2.10. The number of aromatic carboxylic acids is 1.